The molecule has 2 atom stereocenters. The minimum absolute atomic E-state index is 0.0575. The molecule has 1 fully saturated rings. The molecule has 0 saturated carbocycles. The van der Waals surface area contributed by atoms with E-state index in [0.717, 1.165) is 19.5 Å². The van der Waals surface area contributed by atoms with Crippen molar-refractivity contribution in [3.8, 4) is 0 Å². The maximum Gasteiger partial charge on any atom is 0.0580 e. The molecule has 0 amide bonds. The summed E-state index contributed by atoms with van der Waals surface area (Å²) in [6, 6.07) is 0. The minimum atomic E-state index is -0.0575. The van der Waals surface area contributed by atoms with Gasteiger partial charge in [0.25, 0.3) is 0 Å². The fourth-order valence-electron chi connectivity index (χ4n) is 2.93. The summed E-state index contributed by atoms with van der Waals surface area (Å²) in [6.45, 7) is 4.43. The largest absolute Gasteiger partial charge is 0.393 e. The number of piperidine rings is 1. The molecule has 0 aromatic rings. The standard InChI is InChI=1S/C16H33NO/c1-2-3-4-5-6-7-8-9-12-16(18)15-11-10-13-17-14-15/h15-18H,2-14H2,1H3. The lowest BCUT2D eigenvalue weighted by Gasteiger charge is -2.27. The van der Waals surface area contributed by atoms with E-state index in [-0.39, 0.29) is 6.10 Å². The number of aliphatic hydroxyl groups excluding tert-OH is 1. The average molecular weight is 255 g/mol. The van der Waals surface area contributed by atoms with Crippen molar-refractivity contribution in [1.82, 2.24) is 5.32 Å². The van der Waals surface area contributed by atoms with Gasteiger partial charge in [-0.1, -0.05) is 58.3 Å². The third-order valence-corrected chi connectivity index (χ3v) is 4.23. The number of hydrogen-bond acceptors (Lipinski definition) is 2. The number of rotatable bonds is 10. The summed E-state index contributed by atoms with van der Waals surface area (Å²) in [5, 5.41) is 13.5. The Morgan fingerprint density at radius 2 is 1.72 bits per heavy atom. The monoisotopic (exact) mass is 255 g/mol. The zero-order valence-electron chi connectivity index (χ0n) is 12.3. The van der Waals surface area contributed by atoms with Crippen LogP contribution in [-0.4, -0.2) is 24.3 Å². The smallest absolute Gasteiger partial charge is 0.0580 e. The van der Waals surface area contributed by atoms with Crippen molar-refractivity contribution in [3.63, 3.8) is 0 Å². The van der Waals surface area contributed by atoms with Crippen molar-refractivity contribution < 1.29 is 5.11 Å². The molecule has 0 aromatic carbocycles. The molecule has 0 radical (unpaired) electrons. The first-order valence-electron chi connectivity index (χ1n) is 8.23. The van der Waals surface area contributed by atoms with Crippen LogP contribution in [0.2, 0.25) is 0 Å². The molecular weight excluding hydrogens is 222 g/mol. The van der Waals surface area contributed by atoms with E-state index in [1.807, 2.05) is 0 Å². The van der Waals surface area contributed by atoms with E-state index in [4.69, 9.17) is 0 Å². The Morgan fingerprint density at radius 3 is 2.33 bits per heavy atom. The Hall–Kier alpha value is -0.0800. The number of aliphatic hydroxyl groups is 1. The first-order chi connectivity index (χ1) is 8.84. The predicted octanol–water partition coefficient (Wildman–Crippen LogP) is 3.88. The number of hydrogen-bond donors (Lipinski definition) is 2. The van der Waals surface area contributed by atoms with Gasteiger partial charge in [-0.05, 0) is 31.7 Å². The van der Waals surface area contributed by atoms with Gasteiger partial charge in [-0.3, -0.25) is 0 Å². The second-order valence-corrected chi connectivity index (χ2v) is 5.94. The summed E-state index contributed by atoms with van der Waals surface area (Å²) in [7, 11) is 0. The van der Waals surface area contributed by atoms with E-state index in [2.05, 4.69) is 12.2 Å². The van der Waals surface area contributed by atoms with E-state index in [0.29, 0.717) is 5.92 Å². The molecule has 1 aliphatic heterocycles. The van der Waals surface area contributed by atoms with Gasteiger partial charge in [0, 0.05) is 6.54 Å². The van der Waals surface area contributed by atoms with Crippen LogP contribution < -0.4 is 5.32 Å². The Kier molecular flexibility index (Phi) is 9.59. The first kappa shape index (κ1) is 16.0. The summed E-state index contributed by atoms with van der Waals surface area (Å²) in [5.41, 5.74) is 0. The highest BCUT2D eigenvalue weighted by Gasteiger charge is 2.20. The second kappa shape index (κ2) is 10.8. The molecule has 0 bridgehead atoms. The zero-order valence-corrected chi connectivity index (χ0v) is 12.3. The van der Waals surface area contributed by atoms with Crippen LogP contribution in [0.3, 0.4) is 0 Å². The highest BCUT2D eigenvalue weighted by atomic mass is 16.3. The molecule has 0 aromatic heterocycles. The summed E-state index contributed by atoms with van der Waals surface area (Å²) in [6.07, 6.45) is 14.2. The lowest BCUT2D eigenvalue weighted by atomic mass is 9.90. The highest BCUT2D eigenvalue weighted by Crippen LogP contribution is 2.19. The molecule has 1 heterocycles. The summed E-state index contributed by atoms with van der Waals surface area (Å²) in [5.74, 6) is 0.517. The van der Waals surface area contributed by atoms with Crippen LogP contribution in [0, 0.1) is 5.92 Å². The van der Waals surface area contributed by atoms with Crippen molar-refractivity contribution in [2.75, 3.05) is 13.1 Å². The fourth-order valence-corrected chi connectivity index (χ4v) is 2.93. The lowest BCUT2D eigenvalue weighted by Crippen LogP contribution is -2.36. The molecule has 2 N–H and O–H groups in total. The molecule has 18 heavy (non-hydrogen) atoms. The van der Waals surface area contributed by atoms with Crippen molar-refractivity contribution in [3.05, 3.63) is 0 Å². The Bertz CT molecular complexity index is 178. The number of nitrogens with one attached hydrogen (secondary N) is 1. The van der Waals surface area contributed by atoms with Crippen LogP contribution in [0.5, 0.6) is 0 Å². The van der Waals surface area contributed by atoms with Gasteiger partial charge in [-0.2, -0.15) is 0 Å². The van der Waals surface area contributed by atoms with Crippen LogP contribution in [0.1, 0.15) is 77.6 Å². The van der Waals surface area contributed by atoms with Crippen LogP contribution >= 0.6 is 0 Å². The van der Waals surface area contributed by atoms with E-state index >= 15 is 0 Å². The maximum absolute atomic E-state index is 10.1. The lowest BCUT2D eigenvalue weighted by molar-refractivity contribution is 0.0816. The van der Waals surface area contributed by atoms with Crippen LogP contribution in [0.15, 0.2) is 0 Å². The summed E-state index contributed by atoms with van der Waals surface area (Å²) >= 11 is 0. The molecular formula is C16H33NO. The third kappa shape index (κ3) is 7.38. The van der Waals surface area contributed by atoms with Crippen LogP contribution in [0.4, 0.5) is 0 Å². The van der Waals surface area contributed by atoms with Gasteiger partial charge in [-0.15, -0.1) is 0 Å². The molecule has 108 valence electrons. The number of unbranched alkanes of at least 4 members (excludes halogenated alkanes) is 7. The van der Waals surface area contributed by atoms with Crippen molar-refractivity contribution >= 4 is 0 Å². The molecule has 2 unspecified atom stereocenters. The molecule has 1 saturated heterocycles. The van der Waals surface area contributed by atoms with E-state index in [1.54, 1.807) is 0 Å². The zero-order chi connectivity index (χ0) is 13.1. The maximum atomic E-state index is 10.1. The van der Waals surface area contributed by atoms with E-state index < -0.39 is 0 Å². The van der Waals surface area contributed by atoms with Crippen molar-refractivity contribution in [2.45, 2.75) is 83.7 Å². The first-order valence-corrected chi connectivity index (χ1v) is 8.23. The SMILES string of the molecule is CCCCCCCCCCC(O)C1CCCNC1. The second-order valence-electron chi connectivity index (χ2n) is 5.94. The normalized spacial score (nSPS) is 22.0. The van der Waals surface area contributed by atoms with Gasteiger partial charge < -0.3 is 10.4 Å². The van der Waals surface area contributed by atoms with Gasteiger partial charge in [0.05, 0.1) is 6.10 Å². The summed E-state index contributed by atoms with van der Waals surface area (Å²) in [4.78, 5) is 0. The predicted molar refractivity (Wildman–Crippen MR) is 78.8 cm³/mol. The molecule has 2 heteroatoms. The van der Waals surface area contributed by atoms with Gasteiger partial charge in [0.15, 0.2) is 0 Å². The Morgan fingerprint density at radius 1 is 1.06 bits per heavy atom. The van der Waals surface area contributed by atoms with E-state index in [1.165, 1.54) is 64.2 Å². The van der Waals surface area contributed by atoms with Gasteiger partial charge in [0.2, 0.25) is 0 Å². The molecule has 0 spiro atoms. The minimum Gasteiger partial charge on any atom is -0.393 e. The molecule has 2 nitrogen and oxygen atoms in total. The van der Waals surface area contributed by atoms with Crippen molar-refractivity contribution in [2.24, 2.45) is 5.92 Å². The van der Waals surface area contributed by atoms with Crippen LogP contribution in [-0.2, 0) is 0 Å². The molecule has 1 aliphatic rings. The highest BCUT2D eigenvalue weighted by molar-refractivity contribution is 4.75. The summed E-state index contributed by atoms with van der Waals surface area (Å²) < 4.78 is 0. The molecule has 1 rings (SSSR count). The fraction of sp³-hybridized carbons (Fsp3) is 1.00. The quantitative estimate of drug-likeness (QED) is 0.581. The Labute approximate surface area is 114 Å². The Balaban J connectivity index is 1.87. The average Bonchev–Trinajstić information content (AvgIpc) is 2.42. The third-order valence-electron chi connectivity index (χ3n) is 4.23. The van der Waals surface area contributed by atoms with Gasteiger partial charge in [0.1, 0.15) is 0 Å². The van der Waals surface area contributed by atoms with Crippen molar-refractivity contribution in [1.29, 1.82) is 0 Å². The molecule has 0 aliphatic carbocycles. The van der Waals surface area contributed by atoms with Gasteiger partial charge in [-0.25, -0.2) is 0 Å². The topological polar surface area (TPSA) is 32.3 Å². The van der Waals surface area contributed by atoms with E-state index in [9.17, 15) is 5.11 Å². The van der Waals surface area contributed by atoms with Gasteiger partial charge >= 0.3 is 0 Å². The van der Waals surface area contributed by atoms with Crippen LogP contribution in [0.25, 0.3) is 0 Å².